The highest BCUT2D eigenvalue weighted by Crippen LogP contribution is 2.37. The maximum absolute atomic E-state index is 11.7. The molecule has 0 heterocycles. The summed E-state index contributed by atoms with van der Waals surface area (Å²) in [5.74, 6) is -0.640. The molecule has 9 nitrogen and oxygen atoms in total. The fraction of sp³-hybridized carbons (Fsp3) is 0.176. The molecule has 0 saturated carbocycles. The molecule has 0 aliphatic rings. The van der Waals surface area contributed by atoms with Crippen molar-refractivity contribution in [1.82, 2.24) is 5.43 Å². The molecule has 0 atom stereocenters. The molecular formula is C17H17N3O6. The molecule has 0 radical (unpaired) electrons. The number of hydrazone groups is 1. The van der Waals surface area contributed by atoms with Gasteiger partial charge in [0.2, 0.25) is 5.75 Å². The number of benzene rings is 2. The second-order valence-corrected chi connectivity index (χ2v) is 5.21. The minimum atomic E-state index is -0.706. The van der Waals surface area contributed by atoms with Crippen LogP contribution in [-0.4, -0.2) is 35.9 Å². The zero-order chi connectivity index (χ0) is 19.1. The molecule has 9 heteroatoms. The molecule has 26 heavy (non-hydrogen) atoms. The molecule has 0 bridgehead atoms. The first-order valence-electron chi connectivity index (χ1n) is 7.48. The van der Waals surface area contributed by atoms with Crippen molar-refractivity contribution in [1.29, 1.82) is 0 Å². The Morgan fingerprint density at radius 1 is 1.38 bits per heavy atom. The monoisotopic (exact) mass is 359 g/mol. The van der Waals surface area contributed by atoms with Gasteiger partial charge in [-0.15, -0.1) is 0 Å². The zero-order valence-corrected chi connectivity index (χ0v) is 14.1. The molecule has 0 aliphatic heterocycles. The number of carbonyl (C=O) groups excluding carboxylic acids is 1. The minimum absolute atomic E-state index is 0.0598. The Kier molecular flexibility index (Phi) is 6.10. The minimum Gasteiger partial charge on any atom is -0.504 e. The SMILES string of the molecule is COc1c(O)ccc(/C=N\NC(=O)COc2cccc(C)c2)c1[N+](=O)[O-]. The fourth-order valence-corrected chi connectivity index (χ4v) is 2.13. The third kappa shape index (κ3) is 4.69. The Balaban J connectivity index is 2.01. The predicted octanol–water partition coefficient (Wildman–Crippen LogP) is 2.15. The Labute approximate surface area is 149 Å². The molecule has 2 N–H and O–H groups in total. The van der Waals surface area contributed by atoms with Gasteiger partial charge in [-0.3, -0.25) is 14.9 Å². The van der Waals surface area contributed by atoms with Crippen LogP contribution < -0.4 is 14.9 Å². The van der Waals surface area contributed by atoms with Crippen LogP contribution in [0.1, 0.15) is 11.1 Å². The van der Waals surface area contributed by atoms with E-state index < -0.39 is 16.5 Å². The summed E-state index contributed by atoms with van der Waals surface area (Å²) >= 11 is 0. The molecule has 0 spiro atoms. The summed E-state index contributed by atoms with van der Waals surface area (Å²) < 4.78 is 10.2. The third-order valence-corrected chi connectivity index (χ3v) is 3.28. The van der Waals surface area contributed by atoms with Crippen molar-refractivity contribution in [2.75, 3.05) is 13.7 Å². The molecular weight excluding hydrogens is 342 g/mol. The number of nitrogens with one attached hydrogen (secondary N) is 1. The molecule has 0 unspecified atom stereocenters. The van der Waals surface area contributed by atoms with Gasteiger partial charge in [0.05, 0.1) is 23.8 Å². The van der Waals surface area contributed by atoms with E-state index in [1.54, 1.807) is 18.2 Å². The third-order valence-electron chi connectivity index (χ3n) is 3.28. The summed E-state index contributed by atoms with van der Waals surface area (Å²) in [5.41, 5.74) is 2.81. The molecule has 1 amide bonds. The second-order valence-electron chi connectivity index (χ2n) is 5.21. The van der Waals surface area contributed by atoms with Gasteiger partial charge < -0.3 is 14.6 Å². The maximum Gasteiger partial charge on any atom is 0.323 e. The summed E-state index contributed by atoms with van der Waals surface area (Å²) in [6.45, 7) is 1.64. The molecule has 0 fully saturated rings. The van der Waals surface area contributed by atoms with Gasteiger partial charge >= 0.3 is 5.69 Å². The van der Waals surface area contributed by atoms with E-state index in [0.717, 1.165) is 11.8 Å². The van der Waals surface area contributed by atoms with Gasteiger partial charge in [-0.25, -0.2) is 5.43 Å². The Hall–Kier alpha value is -3.62. The average molecular weight is 359 g/mol. The summed E-state index contributed by atoms with van der Waals surface area (Å²) in [5, 5.41) is 24.5. The number of rotatable bonds is 7. The van der Waals surface area contributed by atoms with E-state index in [1.165, 1.54) is 19.2 Å². The number of ether oxygens (including phenoxy) is 2. The molecule has 0 aromatic heterocycles. The van der Waals surface area contributed by atoms with E-state index in [0.29, 0.717) is 5.75 Å². The number of nitro groups is 1. The van der Waals surface area contributed by atoms with Crippen LogP contribution in [0, 0.1) is 17.0 Å². The topological polar surface area (TPSA) is 123 Å². The van der Waals surface area contributed by atoms with E-state index in [4.69, 9.17) is 9.47 Å². The number of hydrogen-bond donors (Lipinski definition) is 2. The standard InChI is InChI=1S/C17H17N3O6/c1-11-4-3-5-13(8-11)26-10-15(22)19-18-9-12-6-7-14(21)17(25-2)16(12)20(23)24/h3-9,21H,10H2,1-2H3,(H,19,22)/b18-9-. The molecule has 2 aromatic carbocycles. The van der Waals surface area contributed by atoms with Crippen LogP contribution in [0.4, 0.5) is 5.69 Å². The molecule has 2 aromatic rings. The van der Waals surface area contributed by atoms with Crippen LogP contribution in [0.25, 0.3) is 0 Å². The highest BCUT2D eigenvalue weighted by Gasteiger charge is 2.23. The van der Waals surface area contributed by atoms with Crippen molar-refractivity contribution >= 4 is 17.8 Å². The van der Waals surface area contributed by atoms with Crippen molar-refractivity contribution in [3.63, 3.8) is 0 Å². The van der Waals surface area contributed by atoms with Crippen molar-refractivity contribution in [2.45, 2.75) is 6.92 Å². The Morgan fingerprint density at radius 2 is 2.15 bits per heavy atom. The fourth-order valence-electron chi connectivity index (χ4n) is 2.13. The van der Waals surface area contributed by atoms with Crippen molar-refractivity contribution < 1.29 is 24.3 Å². The Morgan fingerprint density at radius 3 is 2.81 bits per heavy atom. The van der Waals surface area contributed by atoms with Crippen LogP contribution in [0.5, 0.6) is 17.2 Å². The zero-order valence-electron chi connectivity index (χ0n) is 14.1. The van der Waals surface area contributed by atoms with Gasteiger partial charge in [0.25, 0.3) is 5.91 Å². The smallest absolute Gasteiger partial charge is 0.323 e. The van der Waals surface area contributed by atoms with Gasteiger partial charge in [0.1, 0.15) is 5.75 Å². The lowest BCUT2D eigenvalue weighted by atomic mass is 10.1. The normalized spacial score (nSPS) is 10.5. The van der Waals surface area contributed by atoms with Gasteiger partial charge in [-0.1, -0.05) is 12.1 Å². The highest BCUT2D eigenvalue weighted by atomic mass is 16.6. The average Bonchev–Trinajstić information content (AvgIpc) is 2.60. The van der Waals surface area contributed by atoms with Crippen LogP contribution in [0.2, 0.25) is 0 Å². The lowest BCUT2D eigenvalue weighted by Crippen LogP contribution is -2.24. The summed E-state index contributed by atoms with van der Waals surface area (Å²) in [6.07, 6.45) is 1.09. The first-order valence-corrected chi connectivity index (χ1v) is 7.48. The summed E-state index contributed by atoms with van der Waals surface area (Å²) in [4.78, 5) is 22.2. The number of aromatic hydroxyl groups is 1. The van der Waals surface area contributed by atoms with Crippen molar-refractivity contribution in [3.05, 3.63) is 57.6 Å². The number of hydrogen-bond acceptors (Lipinski definition) is 7. The van der Waals surface area contributed by atoms with Gasteiger partial charge in [-0.05, 0) is 36.8 Å². The van der Waals surface area contributed by atoms with Gasteiger partial charge in [0.15, 0.2) is 12.4 Å². The molecule has 136 valence electrons. The van der Waals surface area contributed by atoms with E-state index in [2.05, 4.69) is 10.5 Å². The largest absolute Gasteiger partial charge is 0.504 e. The van der Waals surface area contributed by atoms with E-state index in [1.807, 2.05) is 13.0 Å². The number of nitro benzene ring substituents is 1. The van der Waals surface area contributed by atoms with Gasteiger partial charge in [0, 0.05) is 0 Å². The highest BCUT2D eigenvalue weighted by molar-refractivity contribution is 5.89. The van der Waals surface area contributed by atoms with Crippen LogP contribution in [0.15, 0.2) is 41.5 Å². The van der Waals surface area contributed by atoms with Crippen molar-refractivity contribution in [2.24, 2.45) is 5.10 Å². The summed E-state index contributed by atoms with van der Waals surface area (Å²) in [6, 6.07) is 9.72. The first-order chi connectivity index (χ1) is 12.4. The first kappa shape index (κ1) is 18.7. The lowest BCUT2D eigenvalue weighted by molar-refractivity contribution is -0.386. The van der Waals surface area contributed by atoms with E-state index >= 15 is 0 Å². The van der Waals surface area contributed by atoms with Crippen LogP contribution >= 0.6 is 0 Å². The number of methoxy groups -OCH3 is 1. The predicted molar refractivity (Wildman–Crippen MR) is 93.7 cm³/mol. The van der Waals surface area contributed by atoms with E-state index in [-0.39, 0.29) is 23.7 Å². The van der Waals surface area contributed by atoms with Crippen molar-refractivity contribution in [3.8, 4) is 17.2 Å². The number of amides is 1. The summed E-state index contributed by atoms with van der Waals surface area (Å²) in [7, 11) is 1.20. The van der Waals surface area contributed by atoms with Crippen LogP contribution in [0.3, 0.4) is 0 Å². The quantitative estimate of drug-likeness (QED) is 0.443. The lowest BCUT2D eigenvalue weighted by Gasteiger charge is -2.06. The number of nitrogens with zero attached hydrogens (tertiary/aromatic N) is 2. The Bertz CT molecular complexity index is 850. The van der Waals surface area contributed by atoms with Gasteiger partial charge in [-0.2, -0.15) is 5.10 Å². The van der Waals surface area contributed by atoms with E-state index in [9.17, 15) is 20.0 Å². The number of aryl methyl sites for hydroxylation is 1. The van der Waals surface area contributed by atoms with Crippen LogP contribution in [-0.2, 0) is 4.79 Å². The number of phenolic OH excluding ortho intramolecular Hbond substituents is 1. The number of phenols is 1. The molecule has 0 saturated heterocycles. The molecule has 0 aliphatic carbocycles. The molecule has 2 rings (SSSR count). The second kappa shape index (κ2) is 8.47. The maximum atomic E-state index is 11.7. The number of carbonyl (C=O) groups is 1.